The van der Waals surface area contributed by atoms with Gasteiger partial charge in [0.1, 0.15) is 5.52 Å². The van der Waals surface area contributed by atoms with Gasteiger partial charge in [0.15, 0.2) is 5.52 Å². The number of nitrogens with zero attached hydrogens (tertiary/aromatic N) is 6. The molecule has 2 aromatic heterocycles. The molecule has 2 heterocycles. The first-order valence-electron chi connectivity index (χ1n) is 12.9. The molecule has 5 aromatic rings. The Morgan fingerprint density at radius 3 is 2.36 bits per heavy atom. The second-order valence-corrected chi connectivity index (χ2v) is 9.51. The fourth-order valence-electron chi connectivity index (χ4n) is 4.55. The Labute approximate surface area is 225 Å². The van der Waals surface area contributed by atoms with E-state index in [1.807, 2.05) is 44.3 Å². The highest BCUT2D eigenvalue weighted by Crippen LogP contribution is 2.21. The van der Waals surface area contributed by atoms with Gasteiger partial charge in [0.05, 0.1) is 28.7 Å². The van der Waals surface area contributed by atoms with E-state index in [1.165, 1.54) is 0 Å². The third-order valence-electron chi connectivity index (χ3n) is 6.63. The number of aromatic nitrogens is 5. The van der Waals surface area contributed by atoms with Crippen LogP contribution in [0.4, 0.5) is 5.95 Å². The molecule has 0 aliphatic heterocycles. The largest absolute Gasteiger partial charge is 0.739 e. The minimum atomic E-state index is -0.167. The average Bonchev–Trinajstić information content (AvgIpc) is 2.95. The van der Waals surface area contributed by atoms with Gasteiger partial charge in [0, 0.05) is 24.0 Å². The van der Waals surface area contributed by atoms with E-state index in [0.29, 0.717) is 39.3 Å². The summed E-state index contributed by atoms with van der Waals surface area (Å²) in [5.41, 5.74) is 4.94. The molecule has 0 aliphatic rings. The molecule has 0 atom stereocenters. The highest BCUT2D eigenvalue weighted by atomic mass is 16.5. The zero-order valence-corrected chi connectivity index (χ0v) is 21.9. The fourth-order valence-corrected chi connectivity index (χ4v) is 4.55. The number of benzene rings is 3. The molecular weight excluding hydrogens is 496 g/mol. The predicted molar refractivity (Wildman–Crippen MR) is 149 cm³/mol. The molecule has 0 radical (unpaired) electrons. The number of amides is 1. The molecule has 0 spiro atoms. The maximum atomic E-state index is 12.9. The lowest BCUT2D eigenvalue weighted by Gasteiger charge is -2.16. The SMILES string of the molecule is Cc1cccc2nc3cccc(C(=O)NCCCN(C)CCCNc4n[n+]([O-])c5ccccc5[n+]4[O-])c3nc12. The first-order chi connectivity index (χ1) is 18.9. The smallest absolute Gasteiger partial charge is 0.460 e. The van der Waals surface area contributed by atoms with Gasteiger partial charge in [-0.1, -0.05) is 30.3 Å². The Morgan fingerprint density at radius 1 is 0.872 bits per heavy atom. The molecule has 11 heteroatoms. The summed E-state index contributed by atoms with van der Waals surface area (Å²) in [5, 5.41) is 34.3. The van der Waals surface area contributed by atoms with Crippen LogP contribution in [0.1, 0.15) is 28.8 Å². The number of hydrogen-bond acceptors (Lipinski definition) is 8. The molecule has 3 aromatic carbocycles. The predicted octanol–water partition coefficient (Wildman–Crippen LogP) is 2.46. The van der Waals surface area contributed by atoms with Crippen LogP contribution in [0.25, 0.3) is 33.1 Å². The second-order valence-electron chi connectivity index (χ2n) is 9.51. The Bertz CT molecular complexity index is 1660. The van der Waals surface area contributed by atoms with Crippen LogP contribution in [-0.2, 0) is 0 Å². The number of anilines is 1. The standard InChI is InChI=1S/C28H30N8O3/c1-19-9-5-11-21-25(19)32-26-20(10-6-12-22(26)31-21)27(37)29-15-7-17-34(2)18-8-16-30-28-33-36(39)24-14-4-3-13-23(24)35(28)38/h3-6,9-14H,7-8,15-18H2,1-2H3,(H,29,37)(H,30,33). The summed E-state index contributed by atoms with van der Waals surface area (Å²) in [6.07, 6.45) is 1.52. The van der Waals surface area contributed by atoms with E-state index in [2.05, 4.69) is 25.6 Å². The first-order valence-corrected chi connectivity index (χ1v) is 12.9. The minimum Gasteiger partial charge on any atom is -0.739 e. The lowest BCUT2D eigenvalue weighted by Crippen LogP contribution is -2.44. The molecular formula is C28H30N8O3. The van der Waals surface area contributed by atoms with Crippen LogP contribution in [0, 0.1) is 17.3 Å². The molecule has 0 saturated carbocycles. The van der Waals surface area contributed by atoms with E-state index < -0.39 is 0 Å². The molecule has 11 nitrogen and oxygen atoms in total. The highest BCUT2D eigenvalue weighted by molar-refractivity contribution is 6.06. The van der Waals surface area contributed by atoms with Crippen molar-refractivity contribution in [3.8, 4) is 0 Å². The van der Waals surface area contributed by atoms with Crippen molar-refractivity contribution in [2.24, 2.45) is 0 Å². The van der Waals surface area contributed by atoms with E-state index in [0.717, 1.165) is 42.5 Å². The summed E-state index contributed by atoms with van der Waals surface area (Å²) in [4.78, 5) is 25.0. The number of nitrogens with one attached hydrogen (secondary N) is 2. The third kappa shape index (κ3) is 5.63. The maximum Gasteiger partial charge on any atom is 0.460 e. The van der Waals surface area contributed by atoms with Gasteiger partial charge in [-0.3, -0.25) is 10.1 Å². The molecule has 0 fully saturated rings. The van der Waals surface area contributed by atoms with Crippen molar-refractivity contribution < 1.29 is 14.4 Å². The number of carbonyl (C=O) groups excluding carboxylic acids is 1. The number of para-hydroxylation sites is 4. The summed E-state index contributed by atoms with van der Waals surface area (Å²) in [6, 6.07) is 17.9. The van der Waals surface area contributed by atoms with Crippen molar-refractivity contribution in [2.45, 2.75) is 19.8 Å². The number of hydrogen-bond donors (Lipinski definition) is 2. The molecule has 2 N–H and O–H groups in total. The van der Waals surface area contributed by atoms with E-state index in [-0.39, 0.29) is 22.9 Å². The number of aryl methyl sites for hydroxylation is 1. The van der Waals surface area contributed by atoms with Gasteiger partial charge in [-0.05, 0) is 63.2 Å². The average molecular weight is 527 g/mol. The molecule has 0 saturated heterocycles. The summed E-state index contributed by atoms with van der Waals surface area (Å²) >= 11 is 0. The van der Waals surface area contributed by atoms with Crippen molar-refractivity contribution in [2.75, 3.05) is 38.5 Å². The second kappa shape index (κ2) is 11.4. The van der Waals surface area contributed by atoms with Crippen LogP contribution in [0.3, 0.4) is 0 Å². The van der Waals surface area contributed by atoms with Gasteiger partial charge in [-0.15, -0.1) is 0 Å². The van der Waals surface area contributed by atoms with Gasteiger partial charge in [0.2, 0.25) is 5.10 Å². The van der Waals surface area contributed by atoms with E-state index in [1.54, 1.807) is 30.3 Å². The van der Waals surface area contributed by atoms with E-state index in [9.17, 15) is 15.2 Å². The van der Waals surface area contributed by atoms with E-state index in [4.69, 9.17) is 4.98 Å². The molecule has 39 heavy (non-hydrogen) atoms. The Balaban J connectivity index is 1.08. The topological polar surface area (TPSA) is 137 Å². The lowest BCUT2D eigenvalue weighted by molar-refractivity contribution is -0.672. The molecule has 5 rings (SSSR count). The van der Waals surface area contributed by atoms with Gasteiger partial charge < -0.3 is 20.6 Å². The van der Waals surface area contributed by atoms with Crippen LogP contribution in [0.5, 0.6) is 0 Å². The lowest BCUT2D eigenvalue weighted by atomic mass is 10.1. The summed E-state index contributed by atoms with van der Waals surface area (Å²) in [5.74, 6) is -0.186. The quantitative estimate of drug-likeness (QED) is 0.123. The normalized spacial score (nSPS) is 11.5. The molecule has 200 valence electrons. The molecule has 0 bridgehead atoms. The van der Waals surface area contributed by atoms with Crippen LogP contribution in [-0.4, -0.2) is 59.1 Å². The van der Waals surface area contributed by atoms with Gasteiger partial charge in [-0.25, -0.2) is 14.7 Å². The summed E-state index contributed by atoms with van der Waals surface area (Å²) in [7, 11) is 2.00. The van der Waals surface area contributed by atoms with Crippen LogP contribution < -0.4 is 20.2 Å². The maximum absolute atomic E-state index is 12.9. The van der Waals surface area contributed by atoms with Crippen LogP contribution >= 0.6 is 0 Å². The van der Waals surface area contributed by atoms with Crippen LogP contribution in [0.2, 0.25) is 0 Å². The minimum absolute atomic E-state index is 0.0182. The number of rotatable bonds is 10. The highest BCUT2D eigenvalue weighted by Gasteiger charge is 2.19. The summed E-state index contributed by atoms with van der Waals surface area (Å²) < 4.78 is 0.640. The Morgan fingerprint density at radius 2 is 1.56 bits per heavy atom. The van der Waals surface area contributed by atoms with Gasteiger partial charge >= 0.3 is 5.95 Å². The van der Waals surface area contributed by atoms with Gasteiger partial charge in [0.25, 0.3) is 11.4 Å². The summed E-state index contributed by atoms with van der Waals surface area (Å²) in [6.45, 7) is 4.56. The van der Waals surface area contributed by atoms with Gasteiger partial charge in [-0.2, -0.15) is 0 Å². The zero-order chi connectivity index (χ0) is 27.4. The fraction of sp³-hybridized carbons (Fsp3) is 0.286. The third-order valence-corrected chi connectivity index (χ3v) is 6.63. The zero-order valence-electron chi connectivity index (χ0n) is 21.9. The Kier molecular flexibility index (Phi) is 7.60. The monoisotopic (exact) mass is 526 g/mol. The molecule has 0 unspecified atom stereocenters. The van der Waals surface area contributed by atoms with Crippen molar-refractivity contribution in [1.82, 2.24) is 25.3 Å². The molecule has 1 amide bonds. The van der Waals surface area contributed by atoms with E-state index >= 15 is 0 Å². The van der Waals surface area contributed by atoms with Crippen molar-refractivity contribution >= 4 is 45.0 Å². The van der Waals surface area contributed by atoms with Crippen molar-refractivity contribution in [1.29, 1.82) is 0 Å². The number of fused-ring (bicyclic) bond motifs is 3. The van der Waals surface area contributed by atoms with Crippen LogP contribution in [0.15, 0.2) is 60.7 Å². The Hall–Kier alpha value is -4.64. The molecule has 0 aliphatic carbocycles. The van der Waals surface area contributed by atoms with Crippen molar-refractivity contribution in [3.63, 3.8) is 0 Å². The number of carbonyl (C=O) groups is 1. The first kappa shape index (κ1) is 26.0. The van der Waals surface area contributed by atoms with Crippen molar-refractivity contribution in [3.05, 3.63) is 82.2 Å².